The Hall–Kier alpha value is -3.99. The van der Waals surface area contributed by atoms with Gasteiger partial charge in [0.15, 0.2) is 5.96 Å². The molecule has 0 spiro atoms. The van der Waals surface area contributed by atoms with Gasteiger partial charge in [0.1, 0.15) is 18.1 Å². The molecule has 0 saturated heterocycles. The number of aliphatic hydroxyl groups excluding tert-OH is 1. The van der Waals surface area contributed by atoms with Gasteiger partial charge in [0.2, 0.25) is 23.6 Å². The summed E-state index contributed by atoms with van der Waals surface area (Å²) in [5.74, 6) is -6.77. The Bertz CT molecular complexity index is 814. The quantitative estimate of drug-likeness (QED) is 0.0534. The SMILES string of the molecule is C[C@@H](N)C(=O)N[C@@H](CCCN=C(N)N)C(=O)NCC(=O)N[C@@H](CC(=O)O)C(=O)N[C@@H](CO)C(=O)O. The van der Waals surface area contributed by atoms with Crippen LogP contribution in [-0.4, -0.2) is 101 Å². The summed E-state index contributed by atoms with van der Waals surface area (Å²) in [7, 11) is 0. The maximum absolute atomic E-state index is 12.5. The summed E-state index contributed by atoms with van der Waals surface area (Å²) in [6.45, 7) is -0.111. The third-order valence-corrected chi connectivity index (χ3v) is 4.24. The molecule has 35 heavy (non-hydrogen) atoms. The van der Waals surface area contributed by atoms with E-state index in [1.54, 1.807) is 0 Å². The van der Waals surface area contributed by atoms with E-state index >= 15 is 0 Å². The molecular formula is C18H32N8O9. The summed E-state index contributed by atoms with van der Waals surface area (Å²) in [6.07, 6.45) is -0.524. The molecule has 17 nitrogen and oxygen atoms in total. The van der Waals surface area contributed by atoms with Gasteiger partial charge >= 0.3 is 11.9 Å². The first-order valence-electron chi connectivity index (χ1n) is 10.3. The van der Waals surface area contributed by atoms with Gasteiger partial charge in [-0.15, -0.1) is 0 Å². The number of carbonyl (C=O) groups excluding carboxylic acids is 4. The number of carboxylic acid groups (broad SMARTS) is 2. The van der Waals surface area contributed by atoms with Crippen molar-refractivity contribution in [3.63, 3.8) is 0 Å². The number of nitrogens with one attached hydrogen (secondary N) is 4. The number of aliphatic hydroxyl groups is 1. The number of nitrogens with two attached hydrogens (primary N) is 3. The monoisotopic (exact) mass is 504 g/mol. The van der Waals surface area contributed by atoms with E-state index in [1.165, 1.54) is 6.92 Å². The molecule has 0 saturated carbocycles. The molecule has 0 unspecified atom stereocenters. The lowest BCUT2D eigenvalue weighted by atomic mass is 10.1. The van der Waals surface area contributed by atoms with E-state index in [0.29, 0.717) is 0 Å². The Balaban J connectivity index is 5.12. The number of nitrogens with zero attached hydrogens (tertiary/aromatic N) is 1. The van der Waals surface area contributed by atoms with Crippen LogP contribution in [0.2, 0.25) is 0 Å². The number of aliphatic imine (C=N–C) groups is 1. The van der Waals surface area contributed by atoms with Crippen LogP contribution in [-0.2, 0) is 28.8 Å². The molecule has 0 aromatic carbocycles. The van der Waals surface area contributed by atoms with Crippen molar-refractivity contribution in [3.8, 4) is 0 Å². The molecule has 0 aliphatic rings. The second kappa shape index (κ2) is 15.8. The van der Waals surface area contributed by atoms with E-state index in [1.807, 2.05) is 5.32 Å². The lowest BCUT2D eigenvalue weighted by molar-refractivity contribution is -0.144. The highest BCUT2D eigenvalue weighted by Crippen LogP contribution is 2.00. The second-order valence-corrected chi connectivity index (χ2v) is 7.32. The molecule has 17 heteroatoms. The molecule has 13 N–H and O–H groups in total. The minimum atomic E-state index is -1.72. The smallest absolute Gasteiger partial charge is 0.328 e. The molecule has 4 amide bonds. The van der Waals surface area contributed by atoms with Gasteiger partial charge in [-0.1, -0.05) is 0 Å². The summed E-state index contributed by atoms with van der Waals surface area (Å²) in [6, 6.07) is -5.44. The average Bonchev–Trinajstić information content (AvgIpc) is 2.76. The van der Waals surface area contributed by atoms with Crippen LogP contribution in [0, 0.1) is 0 Å². The average molecular weight is 505 g/mol. The number of hydrogen-bond acceptors (Lipinski definition) is 9. The van der Waals surface area contributed by atoms with Crippen molar-refractivity contribution in [1.82, 2.24) is 21.3 Å². The van der Waals surface area contributed by atoms with Crippen LogP contribution in [0.15, 0.2) is 4.99 Å². The summed E-state index contributed by atoms with van der Waals surface area (Å²) in [5, 5.41) is 35.4. The van der Waals surface area contributed by atoms with Gasteiger partial charge in [0.25, 0.3) is 0 Å². The van der Waals surface area contributed by atoms with Crippen molar-refractivity contribution in [2.24, 2.45) is 22.2 Å². The van der Waals surface area contributed by atoms with Gasteiger partial charge in [-0.2, -0.15) is 0 Å². The van der Waals surface area contributed by atoms with Gasteiger partial charge in [0, 0.05) is 6.54 Å². The van der Waals surface area contributed by atoms with E-state index in [4.69, 9.17) is 32.5 Å². The van der Waals surface area contributed by atoms with Gasteiger partial charge in [-0.05, 0) is 19.8 Å². The Morgan fingerprint density at radius 2 is 1.49 bits per heavy atom. The molecule has 198 valence electrons. The van der Waals surface area contributed by atoms with Crippen LogP contribution in [0.5, 0.6) is 0 Å². The molecule has 0 heterocycles. The lowest BCUT2D eigenvalue weighted by Gasteiger charge is -2.21. The molecule has 4 atom stereocenters. The fourth-order valence-corrected chi connectivity index (χ4v) is 2.45. The zero-order chi connectivity index (χ0) is 27.1. The Kier molecular flexibility index (Phi) is 14.0. The number of hydrogen-bond donors (Lipinski definition) is 10. The summed E-state index contributed by atoms with van der Waals surface area (Å²) < 4.78 is 0. The van der Waals surface area contributed by atoms with Crippen LogP contribution in [0.1, 0.15) is 26.2 Å². The van der Waals surface area contributed by atoms with E-state index in [-0.39, 0.29) is 25.3 Å². The highest BCUT2D eigenvalue weighted by Gasteiger charge is 2.28. The van der Waals surface area contributed by atoms with Crippen LogP contribution in [0.4, 0.5) is 0 Å². The Morgan fingerprint density at radius 3 is 1.97 bits per heavy atom. The molecule has 0 aromatic rings. The number of carboxylic acids is 2. The highest BCUT2D eigenvalue weighted by atomic mass is 16.4. The molecule has 0 aliphatic heterocycles. The predicted octanol–water partition coefficient (Wildman–Crippen LogP) is -5.49. The van der Waals surface area contributed by atoms with E-state index in [9.17, 15) is 28.8 Å². The molecule has 0 fully saturated rings. The first-order valence-corrected chi connectivity index (χ1v) is 10.3. The number of carbonyl (C=O) groups is 6. The Morgan fingerprint density at radius 1 is 0.886 bits per heavy atom. The summed E-state index contributed by atoms with van der Waals surface area (Å²) in [4.78, 5) is 74.5. The van der Waals surface area contributed by atoms with Crippen molar-refractivity contribution < 1.29 is 44.1 Å². The van der Waals surface area contributed by atoms with Gasteiger partial charge in [-0.3, -0.25) is 29.0 Å². The maximum atomic E-state index is 12.5. The summed E-state index contributed by atoms with van der Waals surface area (Å²) in [5.41, 5.74) is 15.9. The fraction of sp³-hybridized carbons (Fsp3) is 0.611. The third-order valence-electron chi connectivity index (χ3n) is 4.24. The van der Waals surface area contributed by atoms with Crippen molar-refractivity contribution in [1.29, 1.82) is 0 Å². The first-order chi connectivity index (χ1) is 16.3. The molecular weight excluding hydrogens is 472 g/mol. The highest BCUT2D eigenvalue weighted by molar-refractivity contribution is 5.95. The standard InChI is InChI=1S/C18H32N8O9/c1-8(19)14(31)25-9(3-2-4-22-18(20)21)15(32)23-6-12(28)24-10(5-13(29)30)16(33)26-11(7-27)17(34)35/h8-11,27H,2-7,19H2,1H3,(H,23,32)(H,24,28)(H,25,31)(H,26,33)(H,29,30)(H,34,35)(H4,20,21,22)/t8-,9+,10+,11+/m1/s1. The number of aliphatic carboxylic acids is 2. The maximum Gasteiger partial charge on any atom is 0.328 e. The van der Waals surface area contributed by atoms with Crippen molar-refractivity contribution in [2.45, 2.75) is 50.4 Å². The molecule has 0 radical (unpaired) electrons. The second-order valence-electron chi connectivity index (χ2n) is 7.32. The normalized spacial score (nSPS) is 13.8. The minimum Gasteiger partial charge on any atom is -0.481 e. The zero-order valence-electron chi connectivity index (χ0n) is 19.0. The van der Waals surface area contributed by atoms with Gasteiger partial charge < -0.3 is 53.8 Å². The molecule has 0 aromatic heterocycles. The van der Waals surface area contributed by atoms with Crippen molar-refractivity contribution >= 4 is 41.5 Å². The first kappa shape index (κ1) is 31.0. The lowest BCUT2D eigenvalue weighted by Crippen LogP contribution is -2.55. The number of amides is 4. The number of rotatable bonds is 16. The number of guanidine groups is 1. The third kappa shape index (κ3) is 13.3. The van der Waals surface area contributed by atoms with Crippen LogP contribution in [0.3, 0.4) is 0 Å². The van der Waals surface area contributed by atoms with Crippen LogP contribution in [0.25, 0.3) is 0 Å². The van der Waals surface area contributed by atoms with Crippen molar-refractivity contribution in [3.05, 3.63) is 0 Å². The minimum absolute atomic E-state index is 0.0878. The van der Waals surface area contributed by atoms with Crippen LogP contribution >= 0.6 is 0 Å². The molecule has 0 aliphatic carbocycles. The Labute approximate surface area is 199 Å². The van der Waals surface area contributed by atoms with E-state index in [2.05, 4.69) is 20.9 Å². The zero-order valence-corrected chi connectivity index (χ0v) is 19.0. The van der Waals surface area contributed by atoms with E-state index in [0.717, 1.165) is 0 Å². The van der Waals surface area contributed by atoms with Crippen LogP contribution < -0.4 is 38.5 Å². The molecule has 0 bridgehead atoms. The summed E-state index contributed by atoms with van der Waals surface area (Å²) >= 11 is 0. The predicted molar refractivity (Wildman–Crippen MR) is 119 cm³/mol. The fourth-order valence-electron chi connectivity index (χ4n) is 2.45. The van der Waals surface area contributed by atoms with Gasteiger partial charge in [-0.25, -0.2) is 4.79 Å². The van der Waals surface area contributed by atoms with Crippen molar-refractivity contribution in [2.75, 3.05) is 19.7 Å². The van der Waals surface area contributed by atoms with E-state index < -0.39 is 79.3 Å². The van der Waals surface area contributed by atoms with Gasteiger partial charge in [0.05, 0.1) is 25.6 Å². The topological polar surface area (TPSA) is 302 Å². The largest absolute Gasteiger partial charge is 0.481 e. The molecule has 0 rings (SSSR count).